The van der Waals surface area contributed by atoms with Crippen molar-refractivity contribution in [3.8, 4) is 0 Å². The van der Waals surface area contributed by atoms with E-state index in [1.54, 1.807) is 12.1 Å². The first-order valence-electron chi connectivity index (χ1n) is 10.5. The molecule has 4 rings (SSSR count). The van der Waals surface area contributed by atoms with Crippen molar-refractivity contribution >= 4 is 20.8 Å². The van der Waals surface area contributed by atoms with E-state index < -0.39 is 10.0 Å². The average Bonchev–Trinajstić information content (AvgIpc) is 2.78. The van der Waals surface area contributed by atoms with Crippen molar-refractivity contribution < 1.29 is 8.42 Å². The van der Waals surface area contributed by atoms with Gasteiger partial charge in [0, 0.05) is 45.3 Å². The molecule has 1 N–H and O–H groups in total. The third-order valence-electron chi connectivity index (χ3n) is 5.88. The molecule has 1 heterocycles. The van der Waals surface area contributed by atoms with E-state index >= 15 is 0 Å². The Bertz CT molecular complexity index is 1080. The standard InChI is InChI=1S/C24H29N3O2S/c1-20(27-15-13-26(14-16-27)19-21-7-3-2-4-8-21)18-25-30(28,29)24-12-11-22-9-5-6-10-23(22)17-24/h2-12,17,20,25H,13-16,18-19H2,1H3. The van der Waals surface area contributed by atoms with Crippen molar-refractivity contribution in [2.24, 2.45) is 0 Å². The first kappa shape index (κ1) is 21.0. The van der Waals surface area contributed by atoms with Gasteiger partial charge in [0.25, 0.3) is 0 Å². The molecule has 0 spiro atoms. The minimum atomic E-state index is -3.52. The van der Waals surface area contributed by atoms with Crippen molar-refractivity contribution in [3.05, 3.63) is 78.4 Å². The molecule has 0 amide bonds. The minimum Gasteiger partial charge on any atom is -0.297 e. The number of piperazine rings is 1. The number of benzene rings is 3. The molecule has 0 aliphatic carbocycles. The molecule has 1 aliphatic heterocycles. The summed E-state index contributed by atoms with van der Waals surface area (Å²) in [4.78, 5) is 5.14. The molecule has 6 heteroatoms. The van der Waals surface area contributed by atoms with Crippen molar-refractivity contribution in [1.82, 2.24) is 14.5 Å². The van der Waals surface area contributed by atoms with E-state index in [0.29, 0.717) is 11.4 Å². The molecule has 1 unspecified atom stereocenters. The lowest BCUT2D eigenvalue weighted by Gasteiger charge is -2.38. The highest BCUT2D eigenvalue weighted by atomic mass is 32.2. The maximum atomic E-state index is 12.8. The van der Waals surface area contributed by atoms with E-state index in [0.717, 1.165) is 43.5 Å². The topological polar surface area (TPSA) is 52.7 Å². The first-order chi connectivity index (χ1) is 14.5. The van der Waals surface area contributed by atoms with E-state index in [1.165, 1.54) is 5.56 Å². The summed E-state index contributed by atoms with van der Waals surface area (Å²) in [6.07, 6.45) is 0. The van der Waals surface area contributed by atoms with Crippen LogP contribution in [0.5, 0.6) is 0 Å². The monoisotopic (exact) mass is 423 g/mol. The molecule has 1 saturated heterocycles. The van der Waals surface area contributed by atoms with Gasteiger partial charge in [-0.1, -0.05) is 60.7 Å². The second kappa shape index (κ2) is 9.27. The van der Waals surface area contributed by atoms with Gasteiger partial charge < -0.3 is 0 Å². The second-order valence-corrected chi connectivity index (χ2v) is 9.77. The van der Waals surface area contributed by atoms with Crippen LogP contribution in [0.4, 0.5) is 0 Å². The number of sulfonamides is 1. The third-order valence-corrected chi connectivity index (χ3v) is 7.30. The number of fused-ring (bicyclic) bond motifs is 1. The molecule has 0 saturated carbocycles. The maximum Gasteiger partial charge on any atom is 0.240 e. The summed E-state index contributed by atoms with van der Waals surface area (Å²) in [7, 11) is -3.52. The zero-order valence-corrected chi connectivity index (χ0v) is 18.2. The van der Waals surface area contributed by atoms with Crippen LogP contribution in [-0.4, -0.2) is 57.0 Å². The lowest BCUT2D eigenvalue weighted by molar-refractivity contribution is 0.0992. The predicted molar refractivity (Wildman–Crippen MR) is 122 cm³/mol. The number of rotatable bonds is 7. The van der Waals surface area contributed by atoms with Crippen LogP contribution in [0.3, 0.4) is 0 Å². The highest BCUT2D eigenvalue weighted by Crippen LogP contribution is 2.19. The fourth-order valence-corrected chi connectivity index (χ4v) is 5.14. The van der Waals surface area contributed by atoms with E-state index in [4.69, 9.17) is 0 Å². The van der Waals surface area contributed by atoms with Crippen molar-refractivity contribution in [2.45, 2.75) is 24.4 Å². The van der Waals surface area contributed by atoms with Crippen LogP contribution in [0.15, 0.2) is 77.7 Å². The molecule has 30 heavy (non-hydrogen) atoms. The molecular weight excluding hydrogens is 394 g/mol. The van der Waals surface area contributed by atoms with E-state index in [-0.39, 0.29) is 6.04 Å². The Morgan fingerprint density at radius 2 is 1.53 bits per heavy atom. The summed E-state index contributed by atoms with van der Waals surface area (Å²) < 4.78 is 28.4. The highest BCUT2D eigenvalue weighted by molar-refractivity contribution is 7.89. The average molecular weight is 424 g/mol. The lowest BCUT2D eigenvalue weighted by Crippen LogP contribution is -2.52. The van der Waals surface area contributed by atoms with E-state index in [2.05, 4.69) is 45.7 Å². The molecule has 0 aromatic heterocycles. The van der Waals surface area contributed by atoms with Gasteiger partial charge in [-0.2, -0.15) is 0 Å². The predicted octanol–water partition coefficient (Wildman–Crippen LogP) is 3.32. The zero-order chi connectivity index (χ0) is 21.0. The Balaban J connectivity index is 1.30. The molecule has 1 fully saturated rings. The van der Waals surface area contributed by atoms with Gasteiger partial charge in [-0.3, -0.25) is 9.80 Å². The SMILES string of the molecule is CC(CNS(=O)(=O)c1ccc2ccccc2c1)N1CCN(Cc2ccccc2)CC1. The lowest BCUT2D eigenvalue weighted by atomic mass is 10.1. The smallest absolute Gasteiger partial charge is 0.240 e. The number of nitrogens with one attached hydrogen (secondary N) is 1. The molecule has 158 valence electrons. The summed E-state index contributed by atoms with van der Waals surface area (Å²) in [5.74, 6) is 0. The molecule has 0 bridgehead atoms. The van der Waals surface area contributed by atoms with Gasteiger partial charge in [-0.05, 0) is 35.4 Å². The Hall–Kier alpha value is -2.25. The first-order valence-corrected chi connectivity index (χ1v) is 12.0. The van der Waals surface area contributed by atoms with E-state index in [1.807, 2.05) is 36.4 Å². The highest BCUT2D eigenvalue weighted by Gasteiger charge is 2.23. The van der Waals surface area contributed by atoms with Crippen LogP contribution in [-0.2, 0) is 16.6 Å². The van der Waals surface area contributed by atoms with E-state index in [9.17, 15) is 8.42 Å². The summed E-state index contributed by atoms with van der Waals surface area (Å²) in [5.41, 5.74) is 1.34. The van der Waals surface area contributed by atoms with Crippen molar-refractivity contribution in [2.75, 3.05) is 32.7 Å². The summed E-state index contributed by atoms with van der Waals surface area (Å²) in [6, 6.07) is 23.8. The van der Waals surface area contributed by atoms with Gasteiger partial charge in [0.1, 0.15) is 0 Å². The second-order valence-electron chi connectivity index (χ2n) is 8.01. The molecule has 3 aromatic carbocycles. The van der Waals surface area contributed by atoms with Crippen molar-refractivity contribution in [1.29, 1.82) is 0 Å². The Kier molecular flexibility index (Phi) is 6.49. The van der Waals surface area contributed by atoms with Crippen LogP contribution < -0.4 is 4.72 Å². The van der Waals surface area contributed by atoms with Gasteiger partial charge >= 0.3 is 0 Å². The molecule has 3 aromatic rings. The van der Waals surface area contributed by atoms with Crippen LogP contribution >= 0.6 is 0 Å². The number of hydrogen-bond donors (Lipinski definition) is 1. The van der Waals surface area contributed by atoms with Gasteiger partial charge in [0.05, 0.1) is 4.90 Å². The quantitative estimate of drug-likeness (QED) is 0.633. The van der Waals surface area contributed by atoms with Gasteiger partial charge in [-0.15, -0.1) is 0 Å². The Morgan fingerprint density at radius 3 is 2.27 bits per heavy atom. The van der Waals surface area contributed by atoms with Gasteiger partial charge in [0.2, 0.25) is 10.0 Å². The number of nitrogens with zero attached hydrogens (tertiary/aromatic N) is 2. The fraction of sp³-hybridized carbons (Fsp3) is 0.333. The summed E-state index contributed by atoms with van der Waals surface area (Å²) >= 11 is 0. The van der Waals surface area contributed by atoms with Crippen molar-refractivity contribution in [3.63, 3.8) is 0 Å². The van der Waals surface area contributed by atoms with Crippen LogP contribution in [0.1, 0.15) is 12.5 Å². The fourth-order valence-electron chi connectivity index (χ4n) is 3.98. The molecule has 1 aliphatic rings. The van der Waals surface area contributed by atoms with Crippen LogP contribution in [0.2, 0.25) is 0 Å². The molecule has 5 nitrogen and oxygen atoms in total. The summed E-state index contributed by atoms with van der Waals surface area (Å²) in [6.45, 7) is 7.37. The van der Waals surface area contributed by atoms with Gasteiger partial charge in [0.15, 0.2) is 0 Å². The molecular formula is C24H29N3O2S. The largest absolute Gasteiger partial charge is 0.297 e. The third kappa shape index (κ3) is 5.08. The summed E-state index contributed by atoms with van der Waals surface area (Å²) in [5, 5.41) is 1.97. The van der Waals surface area contributed by atoms with Gasteiger partial charge in [-0.25, -0.2) is 13.1 Å². The Labute approximate surface area is 179 Å². The maximum absolute atomic E-state index is 12.8. The minimum absolute atomic E-state index is 0.152. The number of hydrogen-bond acceptors (Lipinski definition) is 4. The Morgan fingerprint density at radius 1 is 0.867 bits per heavy atom. The molecule has 1 atom stereocenters. The van der Waals surface area contributed by atoms with Crippen LogP contribution in [0, 0.1) is 0 Å². The zero-order valence-electron chi connectivity index (χ0n) is 17.4. The normalized spacial score (nSPS) is 17.2. The molecule has 0 radical (unpaired) electrons. The van der Waals surface area contributed by atoms with Crippen LogP contribution in [0.25, 0.3) is 10.8 Å².